The molecule has 1 aromatic carbocycles. The average Bonchev–Trinajstić information content (AvgIpc) is 3.65. The summed E-state index contributed by atoms with van der Waals surface area (Å²) in [5.74, 6) is -1.98. The lowest BCUT2D eigenvalue weighted by Gasteiger charge is -2.37. The van der Waals surface area contributed by atoms with Crippen molar-refractivity contribution in [2.45, 2.75) is 52.7 Å². The summed E-state index contributed by atoms with van der Waals surface area (Å²) >= 11 is 2.42. The molecule has 0 atom stereocenters. The summed E-state index contributed by atoms with van der Waals surface area (Å²) in [6.45, 7) is 10.7. The summed E-state index contributed by atoms with van der Waals surface area (Å²) in [5.41, 5.74) is 1.59. The normalized spacial score (nSPS) is 20.6. The number of rotatable bonds is 2. The van der Waals surface area contributed by atoms with Crippen molar-refractivity contribution in [1.82, 2.24) is 19.8 Å². The molecule has 0 spiro atoms. The highest BCUT2D eigenvalue weighted by atomic mass is 32.1. The Morgan fingerprint density at radius 1 is 0.680 bits per heavy atom. The first-order chi connectivity index (χ1) is 23.5. The summed E-state index contributed by atoms with van der Waals surface area (Å²) in [4.78, 5) is 72.1. The van der Waals surface area contributed by atoms with Gasteiger partial charge in [0.2, 0.25) is 22.0 Å². The average molecular weight is 707 g/mol. The Morgan fingerprint density at radius 3 is 1.38 bits per heavy atom. The summed E-state index contributed by atoms with van der Waals surface area (Å²) < 4.78 is 12.8. The molecule has 4 amide bonds. The molecular weight excluding hydrogens is 681 g/mol. The zero-order chi connectivity index (χ0) is 36.2. The number of carbonyl (C=O) groups excluding carboxylic acids is 4. The van der Waals surface area contributed by atoms with Crippen LogP contribution in [0.5, 0.6) is 11.8 Å². The minimum atomic E-state index is -0.857. The molecule has 0 fully saturated rings. The highest BCUT2D eigenvalue weighted by Crippen LogP contribution is 2.56. The van der Waals surface area contributed by atoms with Gasteiger partial charge in [-0.05, 0) is 53.7 Å². The predicted molar refractivity (Wildman–Crippen MR) is 182 cm³/mol. The van der Waals surface area contributed by atoms with E-state index in [1.54, 1.807) is 0 Å². The van der Waals surface area contributed by atoms with Crippen LogP contribution >= 0.6 is 22.7 Å². The van der Waals surface area contributed by atoms with E-state index in [-0.39, 0.29) is 44.0 Å². The largest absolute Gasteiger partial charge is 0.466 e. The van der Waals surface area contributed by atoms with Gasteiger partial charge in [0.05, 0.1) is 0 Å². The molecule has 0 aliphatic carbocycles. The van der Waals surface area contributed by atoms with Gasteiger partial charge in [0.1, 0.15) is 55.7 Å². The zero-order valence-electron chi connectivity index (χ0n) is 28.0. The highest BCUT2D eigenvalue weighted by Gasteiger charge is 2.43. The molecule has 0 N–H and O–H groups in total. The van der Waals surface area contributed by atoms with Crippen molar-refractivity contribution < 1.29 is 28.7 Å². The number of amides is 4. The van der Waals surface area contributed by atoms with E-state index in [1.807, 2.05) is 52.0 Å². The summed E-state index contributed by atoms with van der Waals surface area (Å²) in [7, 11) is 2.60. The first-order valence-electron chi connectivity index (χ1n) is 15.1. The maximum Gasteiger partial charge on any atom is 0.279 e. The topological polar surface area (TPSA) is 191 Å². The third-order valence-electron chi connectivity index (χ3n) is 8.97. The van der Waals surface area contributed by atoms with Crippen molar-refractivity contribution in [1.29, 1.82) is 10.5 Å². The molecule has 7 rings (SSSR count). The molecule has 4 aliphatic rings. The maximum atomic E-state index is 13.0. The van der Waals surface area contributed by atoms with Gasteiger partial charge >= 0.3 is 0 Å². The smallest absolute Gasteiger partial charge is 0.279 e. The fourth-order valence-corrected chi connectivity index (χ4v) is 7.97. The number of aromatic nitrogens is 2. The molecule has 14 nitrogen and oxygen atoms in total. The fraction of sp³-hybridized carbons (Fsp3) is 0.294. The second-order valence-corrected chi connectivity index (χ2v) is 14.9. The van der Waals surface area contributed by atoms with E-state index in [2.05, 4.69) is 20.0 Å². The van der Waals surface area contributed by atoms with E-state index in [9.17, 15) is 29.7 Å². The molecule has 250 valence electrons. The van der Waals surface area contributed by atoms with Crippen LogP contribution in [0.3, 0.4) is 0 Å². The van der Waals surface area contributed by atoms with E-state index < -0.39 is 34.8 Å². The van der Waals surface area contributed by atoms with Crippen LogP contribution in [-0.4, -0.2) is 68.9 Å². The third-order valence-corrected chi connectivity index (χ3v) is 10.9. The van der Waals surface area contributed by atoms with Crippen molar-refractivity contribution in [2.75, 3.05) is 14.1 Å². The standard InChI is InChI=1S/C34H26N8O6S2/c1-13-17(11-35)27(43)41(7)29(45)21(13)37-31-39-25-23(49-31)15-9-20-16(10-19(15)33(3,4)47-25)24-26(48-34(20,5)6)40-32(50-24)38-22-14(2)18(12-36)28(44)42(8)30(22)46/h9-10H,1-8H3. The van der Waals surface area contributed by atoms with Crippen LogP contribution in [0, 0.1) is 22.7 Å². The molecule has 0 bridgehead atoms. The lowest BCUT2D eigenvalue weighted by Crippen LogP contribution is -2.44. The Balaban J connectivity index is 1.35. The number of aliphatic imine (C=N–C) groups is 2. The van der Waals surface area contributed by atoms with Gasteiger partial charge in [0.25, 0.3) is 23.6 Å². The van der Waals surface area contributed by atoms with Crippen LogP contribution in [0.2, 0.25) is 0 Å². The van der Waals surface area contributed by atoms with Crippen LogP contribution in [0.25, 0.3) is 20.9 Å². The third kappa shape index (κ3) is 4.63. The van der Waals surface area contributed by atoms with Gasteiger partial charge in [-0.25, -0.2) is 9.98 Å². The second-order valence-electron chi connectivity index (χ2n) is 12.9. The van der Waals surface area contributed by atoms with Gasteiger partial charge in [-0.15, -0.1) is 0 Å². The SMILES string of the molecule is CC1=C(C#N)C(=O)N(C)C(=O)C1=Nc1nc2c(s1)-c1cc3c(cc1C(C)(C)O2)-c1sc(N=C2C(=O)N(C)C(=O)C(C#N)=C2C)nc1OC3(C)C. The first kappa shape index (κ1) is 32.7. The number of hydrogen-bond donors (Lipinski definition) is 0. The number of fused-ring (bicyclic) bond motifs is 6. The molecule has 3 aromatic rings. The van der Waals surface area contributed by atoms with Crippen LogP contribution in [0.15, 0.2) is 44.4 Å². The predicted octanol–water partition coefficient (Wildman–Crippen LogP) is 5.01. The molecule has 0 saturated carbocycles. The molecule has 0 unspecified atom stereocenters. The Morgan fingerprint density at radius 2 is 1.04 bits per heavy atom. The molecule has 50 heavy (non-hydrogen) atoms. The van der Waals surface area contributed by atoms with Crippen LogP contribution in [0.1, 0.15) is 52.7 Å². The van der Waals surface area contributed by atoms with Crippen molar-refractivity contribution in [2.24, 2.45) is 9.98 Å². The molecular formula is C34H26N8O6S2. The number of nitrogens with zero attached hydrogens (tertiary/aromatic N) is 8. The zero-order valence-corrected chi connectivity index (χ0v) is 29.6. The van der Waals surface area contributed by atoms with E-state index in [4.69, 9.17) is 9.47 Å². The Labute approximate surface area is 293 Å². The lowest BCUT2D eigenvalue weighted by atomic mass is 9.81. The summed E-state index contributed by atoms with van der Waals surface area (Å²) in [6.07, 6.45) is 0. The Kier molecular flexibility index (Phi) is 7.08. The number of benzene rings is 1. The van der Waals surface area contributed by atoms with Crippen LogP contribution < -0.4 is 9.47 Å². The monoisotopic (exact) mass is 706 g/mol. The van der Waals surface area contributed by atoms with E-state index >= 15 is 0 Å². The molecule has 16 heteroatoms. The van der Waals surface area contributed by atoms with Gasteiger partial charge in [0.15, 0.2) is 0 Å². The minimum Gasteiger partial charge on any atom is -0.466 e. The molecule has 6 heterocycles. The van der Waals surface area contributed by atoms with Crippen molar-refractivity contribution in [3.8, 4) is 44.8 Å². The number of carbonyl (C=O) groups is 4. The van der Waals surface area contributed by atoms with Gasteiger partial charge in [0, 0.05) is 47.5 Å². The lowest BCUT2D eigenvalue weighted by molar-refractivity contribution is -0.138. The fourth-order valence-electron chi connectivity index (χ4n) is 6.16. The van der Waals surface area contributed by atoms with Crippen molar-refractivity contribution in [3.63, 3.8) is 0 Å². The minimum absolute atomic E-state index is 0.0472. The molecule has 0 saturated heterocycles. The first-order valence-corrected chi connectivity index (χ1v) is 16.8. The number of ether oxygens (including phenoxy) is 2. The number of imide groups is 2. The van der Waals surface area contributed by atoms with Gasteiger partial charge in [-0.1, -0.05) is 22.7 Å². The number of thiazole rings is 2. The molecule has 4 aliphatic heterocycles. The van der Waals surface area contributed by atoms with Gasteiger partial charge in [-0.3, -0.25) is 29.0 Å². The highest BCUT2D eigenvalue weighted by molar-refractivity contribution is 7.19. The number of hydrogen-bond acceptors (Lipinski definition) is 14. The van der Waals surface area contributed by atoms with E-state index in [0.717, 1.165) is 32.1 Å². The van der Waals surface area contributed by atoms with E-state index in [1.165, 1.54) is 50.6 Å². The maximum absolute atomic E-state index is 13.0. The summed E-state index contributed by atoms with van der Waals surface area (Å²) in [6, 6.07) is 7.78. The molecule has 2 aromatic heterocycles. The van der Waals surface area contributed by atoms with Gasteiger partial charge < -0.3 is 9.47 Å². The van der Waals surface area contributed by atoms with Crippen LogP contribution in [0.4, 0.5) is 10.3 Å². The number of likely N-dealkylation sites (N-methyl/N-ethyl adjacent to an activating group) is 2. The number of nitriles is 2. The van der Waals surface area contributed by atoms with Gasteiger partial charge in [-0.2, -0.15) is 20.5 Å². The van der Waals surface area contributed by atoms with Crippen molar-refractivity contribution in [3.05, 3.63) is 45.6 Å². The van der Waals surface area contributed by atoms with Crippen molar-refractivity contribution >= 4 is 68.0 Å². The van der Waals surface area contributed by atoms with E-state index in [0.29, 0.717) is 21.5 Å². The Hall–Kier alpha value is -5.84. The molecule has 0 radical (unpaired) electrons. The Bertz CT molecular complexity index is 2230. The van der Waals surface area contributed by atoms with Crippen LogP contribution in [-0.2, 0) is 30.4 Å². The quantitative estimate of drug-likeness (QED) is 0.327. The summed E-state index contributed by atoms with van der Waals surface area (Å²) in [5, 5.41) is 19.5. The second kappa shape index (κ2) is 10.8.